The second-order valence-electron chi connectivity index (χ2n) is 7.16. The van der Waals surface area contributed by atoms with E-state index >= 15 is 0 Å². The molecule has 4 rings (SSSR count). The van der Waals surface area contributed by atoms with Crippen LogP contribution in [0.25, 0.3) is 11.3 Å². The van der Waals surface area contributed by atoms with Crippen LogP contribution in [0.3, 0.4) is 0 Å². The lowest BCUT2D eigenvalue weighted by atomic mass is 10.1. The summed E-state index contributed by atoms with van der Waals surface area (Å²) < 4.78 is 51.0. The van der Waals surface area contributed by atoms with E-state index in [4.69, 9.17) is 20.9 Å². The summed E-state index contributed by atoms with van der Waals surface area (Å²) in [6.07, 6.45) is 0. The largest absolute Gasteiger partial charge is 0.497 e. The van der Waals surface area contributed by atoms with E-state index in [0.717, 1.165) is 29.1 Å². The van der Waals surface area contributed by atoms with Gasteiger partial charge in [0.2, 0.25) is 10.0 Å². The molecule has 7 nitrogen and oxygen atoms in total. The first-order valence-electron chi connectivity index (χ1n) is 9.64. The van der Waals surface area contributed by atoms with Crippen molar-refractivity contribution in [1.29, 1.82) is 0 Å². The number of ether oxygens (including phenoxy) is 1. The Balaban J connectivity index is 1.37. The molecule has 31 heavy (non-hydrogen) atoms. The average Bonchev–Trinajstić information content (AvgIpc) is 3.24. The highest BCUT2D eigenvalue weighted by Gasteiger charge is 2.29. The highest BCUT2D eigenvalue weighted by atomic mass is 35.5. The number of methoxy groups -OCH3 is 1. The third kappa shape index (κ3) is 4.74. The fourth-order valence-electron chi connectivity index (χ4n) is 3.42. The summed E-state index contributed by atoms with van der Waals surface area (Å²) in [4.78, 5) is 2.09. The van der Waals surface area contributed by atoms with Gasteiger partial charge in [-0.25, -0.2) is 12.8 Å². The summed E-state index contributed by atoms with van der Waals surface area (Å²) in [6.45, 7) is 2.23. The van der Waals surface area contributed by atoms with Gasteiger partial charge < -0.3 is 9.26 Å². The molecule has 1 saturated heterocycles. The minimum Gasteiger partial charge on any atom is -0.497 e. The maximum Gasteiger partial charge on any atom is 0.243 e. The van der Waals surface area contributed by atoms with Gasteiger partial charge in [-0.05, 0) is 42.5 Å². The zero-order chi connectivity index (χ0) is 22.0. The van der Waals surface area contributed by atoms with E-state index in [1.807, 2.05) is 30.3 Å². The molecule has 1 aliphatic rings. The second-order valence-corrected chi connectivity index (χ2v) is 9.51. The van der Waals surface area contributed by atoms with Crippen molar-refractivity contribution in [2.24, 2.45) is 0 Å². The Morgan fingerprint density at radius 3 is 2.45 bits per heavy atom. The molecule has 10 heteroatoms. The zero-order valence-corrected chi connectivity index (χ0v) is 18.4. The summed E-state index contributed by atoms with van der Waals surface area (Å²) in [5.41, 5.74) is 1.65. The Kier molecular flexibility index (Phi) is 6.29. The highest BCUT2D eigenvalue weighted by molar-refractivity contribution is 7.89. The van der Waals surface area contributed by atoms with E-state index in [1.54, 1.807) is 7.11 Å². The molecule has 0 radical (unpaired) electrons. The number of sulfonamides is 1. The molecule has 2 aromatic carbocycles. The number of halogens is 2. The van der Waals surface area contributed by atoms with Crippen molar-refractivity contribution in [3.63, 3.8) is 0 Å². The molecule has 164 valence electrons. The van der Waals surface area contributed by atoms with Crippen LogP contribution in [-0.4, -0.2) is 56.1 Å². The number of aromatic nitrogens is 1. The van der Waals surface area contributed by atoms with Gasteiger partial charge >= 0.3 is 0 Å². The maximum atomic E-state index is 13.4. The first-order valence-corrected chi connectivity index (χ1v) is 11.5. The van der Waals surface area contributed by atoms with Crippen molar-refractivity contribution in [3.8, 4) is 17.0 Å². The van der Waals surface area contributed by atoms with Gasteiger partial charge in [0.15, 0.2) is 5.76 Å². The fourth-order valence-corrected chi connectivity index (χ4v) is 5.11. The van der Waals surface area contributed by atoms with Gasteiger partial charge in [0, 0.05) is 37.8 Å². The van der Waals surface area contributed by atoms with Crippen molar-refractivity contribution in [3.05, 3.63) is 65.1 Å². The predicted molar refractivity (Wildman–Crippen MR) is 114 cm³/mol. The minimum absolute atomic E-state index is 0.00767. The molecule has 0 atom stereocenters. The number of nitrogens with zero attached hydrogens (tertiary/aromatic N) is 3. The minimum atomic E-state index is -3.73. The van der Waals surface area contributed by atoms with Crippen LogP contribution < -0.4 is 4.74 Å². The van der Waals surface area contributed by atoms with Crippen molar-refractivity contribution in [1.82, 2.24) is 14.4 Å². The summed E-state index contributed by atoms with van der Waals surface area (Å²) in [7, 11) is -2.11. The van der Waals surface area contributed by atoms with Crippen LogP contribution in [0.2, 0.25) is 5.02 Å². The highest BCUT2D eigenvalue weighted by Crippen LogP contribution is 2.25. The van der Waals surface area contributed by atoms with E-state index in [2.05, 4.69) is 10.1 Å². The van der Waals surface area contributed by atoms with Gasteiger partial charge in [-0.15, -0.1) is 0 Å². The molecule has 0 spiro atoms. The summed E-state index contributed by atoms with van der Waals surface area (Å²) in [5.74, 6) is 0.821. The molecule has 0 saturated carbocycles. The van der Waals surface area contributed by atoms with Gasteiger partial charge in [0.25, 0.3) is 0 Å². The van der Waals surface area contributed by atoms with E-state index in [1.165, 1.54) is 10.4 Å². The topological polar surface area (TPSA) is 75.9 Å². The number of piperazine rings is 1. The van der Waals surface area contributed by atoms with Gasteiger partial charge in [0.1, 0.15) is 17.3 Å². The smallest absolute Gasteiger partial charge is 0.243 e. The third-order valence-electron chi connectivity index (χ3n) is 5.18. The molecular weight excluding hydrogens is 445 g/mol. The second kappa shape index (κ2) is 8.96. The Hall–Kier alpha value is -2.46. The van der Waals surface area contributed by atoms with Crippen LogP contribution in [0.15, 0.2) is 57.9 Å². The third-order valence-corrected chi connectivity index (χ3v) is 7.37. The average molecular weight is 466 g/mol. The van der Waals surface area contributed by atoms with Crippen LogP contribution >= 0.6 is 11.6 Å². The normalized spacial score (nSPS) is 15.8. The molecule has 2 heterocycles. The van der Waals surface area contributed by atoms with Crippen LogP contribution in [0, 0.1) is 5.82 Å². The van der Waals surface area contributed by atoms with E-state index in [-0.39, 0.29) is 9.92 Å². The Morgan fingerprint density at radius 2 is 1.81 bits per heavy atom. The Labute approximate surface area is 185 Å². The van der Waals surface area contributed by atoms with Crippen LogP contribution in [-0.2, 0) is 16.6 Å². The lowest BCUT2D eigenvalue weighted by Crippen LogP contribution is -2.48. The summed E-state index contributed by atoms with van der Waals surface area (Å²) in [5, 5.41) is 3.91. The van der Waals surface area contributed by atoms with Crippen LogP contribution in [0.4, 0.5) is 4.39 Å². The molecule has 3 aromatic rings. The lowest BCUT2D eigenvalue weighted by Gasteiger charge is -2.33. The predicted octanol–water partition coefficient (Wildman–Crippen LogP) is 3.65. The van der Waals surface area contributed by atoms with Gasteiger partial charge in [0.05, 0.1) is 23.6 Å². The van der Waals surface area contributed by atoms with Gasteiger partial charge in [-0.3, -0.25) is 4.90 Å². The zero-order valence-electron chi connectivity index (χ0n) is 16.8. The van der Waals surface area contributed by atoms with Crippen LogP contribution in [0.5, 0.6) is 5.75 Å². The first kappa shape index (κ1) is 21.8. The molecular formula is C21H21ClFN3O4S. The van der Waals surface area contributed by atoms with Crippen molar-refractivity contribution < 1.29 is 22.1 Å². The number of hydrogen-bond donors (Lipinski definition) is 0. The molecule has 0 N–H and O–H groups in total. The first-order chi connectivity index (χ1) is 14.9. The molecule has 0 amide bonds. The molecule has 1 aromatic heterocycles. The maximum absolute atomic E-state index is 13.4. The number of benzene rings is 2. The van der Waals surface area contributed by atoms with E-state index in [0.29, 0.717) is 38.5 Å². The molecule has 1 fully saturated rings. The Bertz CT molecular complexity index is 1160. The summed E-state index contributed by atoms with van der Waals surface area (Å²) >= 11 is 5.74. The van der Waals surface area contributed by atoms with Gasteiger partial charge in [-0.2, -0.15) is 4.31 Å². The monoisotopic (exact) mass is 465 g/mol. The van der Waals surface area contributed by atoms with Gasteiger partial charge in [-0.1, -0.05) is 16.8 Å². The number of hydrogen-bond acceptors (Lipinski definition) is 6. The molecule has 0 unspecified atom stereocenters. The standard InChI is InChI=1S/C21H21ClFN3O4S/c1-29-16-4-2-15(3-5-16)21-12-17(30-24-21)14-25-8-10-26(11-9-25)31(27,28)18-6-7-20(23)19(22)13-18/h2-7,12-13H,8-11,14H2,1H3. The van der Waals surface area contributed by atoms with Crippen molar-refractivity contribution in [2.45, 2.75) is 11.4 Å². The van der Waals surface area contributed by atoms with E-state index in [9.17, 15) is 12.8 Å². The molecule has 0 bridgehead atoms. The van der Waals surface area contributed by atoms with Crippen LogP contribution in [0.1, 0.15) is 5.76 Å². The van der Waals surface area contributed by atoms with Crippen molar-refractivity contribution >= 4 is 21.6 Å². The van der Waals surface area contributed by atoms with E-state index < -0.39 is 15.8 Å². The SMILES string of the molecule is COc1ccc(-c2cc(CN3CCN(S(=O)(=O)c4ccc(F)c(Cl)c4)CC3)on2)cc1. The Morgan fingerprint density at radius 1 is 1.10 bits per heavy atom. The number of rotatable bonds is 6. The molecule has 0 aliphatic carbocycles. The van der Waals surface area contributed by atoms with Crippen molar-refractivity contribution in [2.75, 3.05) is 33.3 Å². The fraction of sp³-hybridized carbons (Fsp3) is 0.286. The molecule has 1 aliphatic heterocycles. The quantitative estimate of drug-likeness (QED) is 0.553. The lowest BCUT2D eigenvalue weighted by molar-refractivity contribution is 0.166. The summed E-state index contributed by atoms with van der Waals surface area (Å²) in [6, 6.07) is 12.9.